The van der Waals surface area contributed by atoms with Gasteiger partial charge in [0.05, 0.1) is 27.2 Å². The maximum atomic E-state index is 11.6. The molecule has 0 aromatic carbocycles. The molecule has 0 aromatic rings. The number of methoxy groups -OCH3 is 3. The van der Waals surface area contributed by atoms with Crippen LogP contribution in [0.25, 0.3) is 0 Å². The van der Waals surface area contributed by atoms with Crippen LogP contribution in [-0.2, 0) is 28.6 Å². The topological polar surface area (TPSA) is 78.9 Å². The van der Waals surface area contributed by atoms with E-state index >= 15 is 0 Å². The summed E-state index contributed by atoms with van der Waals surface area (Å²) in [6, 6.07) is 0. The molecule has 0 fully saturated rings. The van der Waals surface area contributed by atoms with Gasteiger partial charge in [-0.05, 0) is 19.3 Å². The third-order valence-corrected chi connectivity index (χ3v) is 2.96. The first-order valence-electron chi connectivity index (χ1n) is 5.51. The van der Waals surface area contributed by atoms with E-state index in [1.807, 2.05) is 0 Å². The van der Waals surface area contributed by atoms with E-state index in [0.29, 0.717) is 12.8 Å². The number of rotatable bonds is 3. The second-order valence-electron chi connectivity index (χ2n) is 3.90. The molecule has 6 nitrogen and oxygen atoms in total. The third-order valence-electron chi connectivity index (χ3n) is 2.96. The fraction of sp³-hybridized carbons (Fsp3) is 0.583. The Balaban J connectivity index is 3.02. The van der Waals surface area contributed by atoms with E-state index in [9.17, 15) is 14.4 Å². The van der Waals surface area contributed by atoms with Gasteiger partial charge in [-0.3, -0.25) is 4.79 Å². The zero-order chi connectivity index (χ0) is 13.7. The predicted octanol–water partition coefficient (Wildman–Crippen LogP) is 0.602. The lowest BCUT2D eigenvalue weighted by atomic mass is 9.83. The standard InChI is InChI=1S/C12H16O6/c1-16-10(13)7-4-5-8(11(14)17-2)9(6-7)12(15)18-3/h7H,4-6H2,1-3H3. The Hall–Kier alpha value is -1.85. The molecule has 0 N–H and O–H groups in total. The van der Waals surface area contributed by atoms with Crippen LogP contribution in [-0.4, -0.2) is 39.2 Å². The van der Waals surface area contributed by atoms with Crippen molar-refractivity contribution in [1.82, 2.24) is 0 Å². The molecule has 0 heterocycles. The molecule has 6 heteroatoms. The summed E-state index contributed by atoms with van der Waals surface area (Å²) in [6.07, 6.45) is 0.901. The van der Waals surface area contributed by atoms with Crippen LogP contribution < -0.4 is 0 Å². The fourth-order valence-corrected chi connectivity index (χ4v) is 1.99. The molecule has 100 valence electrons. The molecule has 1 aliphatic rings. The van der Waals surface area contributed by atoms with Gasteiger partial charge in [-0.1, -0.05) is 0 Å². The van der Waals surface area contributed by atoms with Crippen LogP contribution in [0, 0.1) is 5.92 Å². The Morgan fingerprint density at radius 2 is 1.50 bits per heavy atom. The van der Waals surface area contributed by atoms with Gasteiger partial charge < -0.3 is 14.2 Å². The monoisotopic (exact) mass is 256 g/mol. The average Bonchev–Trinajstić information content (AvgIpc) is 2.43. The molecule has 1 aliphatic carbocycles. The van der Waals surface area contributed by atoms with Crippen molar-refractivity contribution in [2.45, 2.75) is 19.3 Å². The van der Waals surface area contributed by atoms with Crippen molar-refractivity contribution in [3.63, 3.8) is 0 Å². The Morgan fingerprint density at radius 3 is 2.00 bits per heavy atom. The summed E-state index contributed by atoms with van der Waals surface area (Å²) in [5, 5.41) is 0. The van der Waals surface area contributed by atoms with Gasteiger partial charge in [0.2, 0.25) is 0 Å². The highest BCUT2D eigenvalue weighted by molar-refractivity contribution is 6.01. The summed E-state index contributed by atoms with van der Waals surface area (Å²) >= 11 is 0. The number of carbonyl (C=O) groups excluding carboxylic acids is 3. The number of hydrogen-bond acceptors (Lipinski definition) is 6. The van der Waals surface area contributed by atoms with Gasteiger partial charge in [-0.25, -0.2) is 9.59 Å². The molecule has 0 aliphatic heterocycles. The summed E-state index contributed by atoms with van der Waals surface area (Å²) in [7, 11) is 3.77. The first kappa shape index (κ1) is 14.2. The van der Waals surface area contributed by atoms with Crippen molar-refractivity contribution in [3.8, 4) is 0 Å². The molecule has 0 aromatic heterocycles. The Labute approximate surface area is 105 Å². The van der Waals surface area contributed by atoms with Gasteiger partial charge in [0, 0.05) is 11.1 Å². The summed E-state index contributed by atoms with van der Waals surface area (Å²) in [6.45, 7) is 0. The maximum absolute atomic E-state index is 11.6. The van der Waals surface area contributed by atoms with Crippen LogP contribution in [0.5, 0.6) is 0 Å². The number of carbonyl (C=O) groups is 3. The normalized spacial score (nSPS) is 19.2. The lowest BCUT2D eigenvalue weighted by Gasteiger charge is -2.23. The van der Waals surface area contributed by atoms with Gasteiger partial charge in [0.25, 0.3) is 0 Å². The van der Waals surface area contributed by atoms with Crippen molar-refractivity contribution in [2.75, 3.05) is 21.3 Å². The van der Waals surface area contributed by atoms with Crippen molar-refractivity contribution in [1.29, 1.82) is 0 Å². The number of ether oxygens (including phenoxy) is 3. The van der Waals surface area contributed by atoms with Crippen LogP contribution in [0.1, 0.15) is 19.3 Å². The zero-order valence-corrected chi connectivity index (χ0v) is 10.6. The van der Waals surface area contributed by atoms with E-state index in [-0.39, 0.29) is 23.5 Å². The van der Waals surface area contributed by atoms with Crippen LogP contribution >= 0.6 is 0 Å². The van der Waals surface area contributed by atoms with Crippen molar-refractivity contribution >= 4 is 17.9 Å². The smallest absolute Gasteiger partial charge is 0.334 e. The zero-order valence-electron chi connectivity index (χ0n) is 10.6. The number of esters is 3. The first-order chi connectivity index (χ1) is 8.54. The van der Waals surface area contributed by atoms with Crippen LogP contribution in [0.4, 0.5) is 0 Å². The lowest BCUT2D eigenvalue weighted by molar-refractivity contribution is -0.147. The van der Waals surface area contributed by atoms with Gasteiger partial charge in [-0.15, -0.1) is 0 Å². The van der Waals surface area contributed by atoms with Crippen LogP contribution in [0.15, 0.2) is 11.1 Å². The lowest BCUT2D eigenvalue weighted by Crippen LogP contribution is -2.26. The van der Waals surface area contributed by atoms with E-state index in [1.54, 1.807) is 0 Å². The highest BCUT2D eigenvalue weighted by atomic mass is 16.5. The minimum absolute atomic E-state index is 0.143. The van der Waals surface area contributed by atoms with Gasteiger partial charge in [0.15, 0.2) is 0 Å². The summed E-state index contributed by atoms with van der Waals surface area (Å²) in [5.74, 6) is -1.97. The molecule has 18 heavy (non-hydrogen) atoms. The quantitative estimate of drug-likeness (QED) is 0.543. The van der Waals surface area contributed by atoms with E-state index in [2.05, 4.69) is 14.2 Å². The largest absolute Gasteiger partial charge is 0.469 e. The molecule has 0 bridgehead atoms. The molecule has 1 atom stereocenters. The third kappa shape index (κ3) is 2.88. The molecule has 0 saturated heterocycles. The molecule has 0 amide bonds. The molecule has 1 unspecified atom stereocenters. The average molecular weight is 256 g/mol. The fourth-order valence-electron chi connectivity index (χ4n) is 1.99. The second-order valence-corrected chi connectivity index (χ2v) is 3.90. The van der Waals surface area contributed by atoms with E-state index < -0.39 is 17.9 Å². The minimum Gasteiger partial charge on any atom is -0.469 e. The second kappa shape index (κ2) is 6.18. The van der Waals surface area contributed by atoms with Gasteiger partial charge in [-0.2, -0.15) is 0 Å². The Bertz CT molecular complexity index is 395. The van der Waals surface area contributed by atoms with Crippen LogP contribution in [0.3, 0.4) is 0 Å². The van der Waals surface area contributed by atoms with Crippen molar-refractivity contribution < 1.29 is 28.6 Å². The molecule has 0 spiro atoms. The molecule has 0 saturated carbocycles. The van der Waals surface area contributed by atoms with Gasteiger partial charge >= 0.3 is 17.9 Å². The van der Waals surface area contributed by atoms with E-state index in [1.165, 1.54) is 21.3 Å². The maximum Gasteiger partial charge on any atom is 0.334 e. The Morgan fingerprint density at radius 1 is 0.944 bits per heavy atom. The van der Waals surface area contributed by atoms with Crippen LogP contribution in [0.2, 0.25) is 0 Å². The predicted molar refractivity (Wildman–Crippen MR) is 60.4 cm³/mol. The molecular weight excluding hydrogens is 240 g/mol. The molecule has 0 radical (unpaired) electrons. The highest BCUT2D eigenvalue weighted by Gasteiger charge is 2.33. The first-order valence-corrected chi connectivity index (χ1v) is 5.51. The molecular formula is C12H16O6. The van der Waals surface area contributed by atoms with E-state index in [4.69, 9.17) is 0 Å². The minimum atomic E-state index is -0.607. The SMILES string of the molecule is COC(=O)C1=C(C(=O)OC)CC(C(=O)OC)CC1. The van der Waals surface area contributed by atoms with Crippen molar-refractivity contribution in [2.24, 2.45) is 5.92 Å². The summed E-state index contributed by atoms with van der Waals surface area (Å²) in [4.78, 5) is 34.6. The summed E-state index contributed by atoms with van der Waals surface area (Å²) in [5.41, 5.74) is 0.482. The van der Waals surface area contributed by atoms with Crippen molar-refractivity contribution in [3.05, 3.63) is 11.1 Å². The van der Waals surface area contributed by atoms with E-state index in [0.717, 1.165) is 0 Å². The molecule has 1 rings (SSSR count). The number of hydrogen-bond donors (Lipinski definition) is 0. The van der Waals surface area contributed by atoms with Gasteiger partial charge in [0.1, 0.15) is 0 Å². The highest BCUT2D eigenvalue weighted by Crippen LogP contribution is 2.31. The Kier molecular flexibility index (Phi) is 4.88. The summed E-state index contributed by atoms with van der Waals surface area (Å²) < 4.78 is 13.9.